The van der Waals surface area contributed by atoms with E-state index in [-0.39, 0.29) is 60.3 Å². The molecule has 0 aliphatic heterocycles. The molecular weight excluding hydrogens is 2190 g/mol. The molecule has 0 amide bonds. The molecule has 655 valence electrons. The molecule has 6 heterocycles. The van der Waals surface area contributed by atoms with E-state index in [4.69, 9.17) is 0 Å². The summed E-state index contributed by atoms with van der Waals surface area (Å²) in [6, 6.07) is 158. The maximum absolute atomic E-state index is 14.6. The second-order valence-corrected chi connectivity index (χ2v) is 39.1. The molecule has 6 aromatic heterocycles. The summed E-state index contributed by atoms with van der Waals surface area (Å²) in [6.45, 7) is 8.83. The Bertz CT molecular complexity index is 6310. The zero-order chi connectivity index (χ0) is 88.4. The van der Waals surface area contributed by atoms with E-state index in [1.54, 1.807) is 18.6 Å². The monoisotopic (exact) mass is 2290 g/mol. The van der Waals surface area contributed by atoms with E-state index in [1.165, 1.54) is 11.1 Å². The third-order valence-electron chi connectivity index (χ3n) is 20.8. The van der Waals surface area contributed by atoms with E-state index < -0.39 is 21.4 Å². The Labute approximate surface area is 812 Å². The predicted molar refractivity (Wildman–Crippen MR) is 532 cm³/mol. The number of benzene rings is 13. The van der Waals surface area contributed by atoms with E-state index in [0.717, 1.165) is 139 Å². The molecule has 13 aromatic carbocycles. The zero-order valence-corrected chi connectivity index (χ0v) is 82.6. The van der Waals surface area contributed by atoms with Gasteiger partial charge in [0.05, 0.1) is 0 Å². The van der Waals surface area contributed by atoms with Crippen molar-refractivity contribution < 1.29 is 74.0 Å². The van der Waals surface area contributed by atoms with Crippen molar-refractivity contribution in [3.8, 4) is 78.7 Å². The van der Waals surface area contributed by atoms with E-state index in [0.29, 0.717) is 11.8 Å². The van der Waals surface area contributed by atoms with Crippen LogP contribution in [0.3, 0.4) is 0 Å². The zero-order valence-electron chi connectivity index (χ0n) is 72.8. The van der Waals surface area contributed by atoms with E-state index in [2.05, 4.69) is 130 Å². The summed E-state index contributed by atoms with van der Waals surface area (Å²) in [4.78, 5) is 26.5. The minimum Gasteiger partial charge on any atom is -0.310 e. The van der Waals surface area contributed by atoms with Gasteiger partial charge in [0.15, 0.2) is 21.4 Å². The van der Waals surface area contributed by atoms with Gasteiger partial charge in [0.25, 0.3) is 0 Å². The van der Waals surface area contributed by atoms with Crippen LogP contribution in [0, 0.1) is 48.2 Å². The van der Waals surface area contributed by atoms with Crippen LogP contribution in [0.1, 0.15) is 38.8 Å². The van der Waals surface area contributed by atoms with Crippen molar-refractivity contribution in [2.75, 3.05) is 0 Å². The number of pyridine rings is 6. The van der Waals surface area contributed by atoms with Gasteiger partial charge in [0, 0.05) is 129 Å². The number of rotatable bonds is 20. The molecule has 9 nitrogen and oxygen atoms in total. The van der Waals surface area contributed by atoms with Gasteiger partial charge in [-0.15, -0.1) is 197 Å². The molecule has 0 spiro atoms. The molecule has 0 N–H and O–H groups in total. The average molecular weight is 2290 g/mol. The van der Waals surface area contributed by atoms with Crippen molar-refractivity contribution in [3.63, 3.8) is 0 Å². The largest absolute Gasteiger partial charge is 0.310 e. The van der Waals surface area contributed by atoms with Crippen LogP contribution in [0.15, 0.2) is 468 Å². The van der Waals surface area contributed by atoms with Gasteiger partial charge in [-0.2, -0.15) is 0 Å². The van der Waals surface area contributed by atoms with Crippen LogP contribution in [0.5, 0.6) is 0 Å². The Morgan fingerprint density at radius 2 is 0.496 bits per heavy atom. The molecule has 0 atom stereocenters. The summed E-state index contributed by atoms with van der Waals surface area (Å²) in [5.74, 6) is 1.17. The first-order valence-corrected chi connectivity index (χ1v) is 47.7. The van der Waals surface area contributed by atoms with Gasteiger partial charge in [0.1, 0.15) is 0 Å². The van der Waals surface area contributed by atoms with E-state index in [9.17, 15) is 13.7 Å². The van der Waals surface area contributed by atoms with Crippen LogP contribution in [-0.2, 0) is 86.9 Å². The smallest absolute Gasteiger partial charge is 0.153 e. The predicted octanol–water partition coefficient (Wildman–Crippen LogP) is 24.3. The van der Waals surface area contributed by atoms with Gasteiger partial charge in [-0.05, 0) is 99.8 Å². The summed E-state index contributed by atoms with van der Waals surface area (Å²) in [6.07, 6.45) is 13.0. The second kappa shape index (κ2) is 50.5. The van der Waals surface area contributed by atoms with Crippen LogP contribution in [0.4, 0.5) is 0 Å². The van der Waals surface area contributed by atoms with Crippen molar-refractivity contribution in [3.05, 3.63) is 515 Å². The SMILES string of the molecule is CC(C)Cc1ccc(-c2[c-]ccc(P(=O)(c3ccccc3)c3ccccc3)c2)nc1.CC(C)Cc1ccnc(-c2[c-]ccc(P(=O)(c3ccccc3)c3ccccc3)c2)c1.O=P(c1ccccc1)(c1ccccc1)c1cc[c-]c(-c2ccc(-c3ccccc3)cn2)c1.[Ir].[Ir].[Ir].[c-]1ccccc1-c1ccccn1.[c-]1ccccc1-c1ccccn1.[c-]1ccccc1-c1ccccn1. The molecule has 19 aromatic rings. The van der Waals surface area contributed by atoms with Gasteiger partial charge < -0.3 is 43.6 Å². The quantitative estimate of drug-likeness (QED) is 0.0541. The first kappa shape index (κ1) is 99.0. The number of hydrogen-bond donors (Lipinski definition) is 0. The van der Waals surface area contributed by atoms with Crippen molar-refractivity contribution in [2.45, 2.75) is 40.5 Å². The third-order valence-corrected chi connectivity index (χ3v) is 29.9. The van der Waals surface area contributed by atoms with Crippen molar-refractivity contribution in [1.82, 2.24) is 29.9 Å². The number of hydrogen-bond acceptors (Lipinski definition) is 9. The topological polar surface area (TPSA) is 129 Å². The molecule has 0 saturated heterocycles. The molecule has 0 aliphatic carbocycles. The van der Waals surface area contributed by atoms with Crippen molar-refractivity contribution in [1.29, 1.82) is 0 Å². The average Bonchev–Trinajstić information content (AvgIpc) is 0.770. The molecule has 0 aliphatic rings. The normalized spacial score (nSPS) is 10.7. The first-order valence-electron chi connectivity index (χ1n) is 42.6. The summed E-state index contributed by atoms with van der Waals surface area (Å²) in [5.41, 5.74) is 15.8. The fourth-order valence-corrected chi connectivity index (χ4v) is 22.6. The molecule has 0 saturated carbocycles. The standard InChI is InChI=1S/C29H21NOP.2C27H25NOP.3C11H8N.3Ir/c31-32(26-14-6-2-7-15-26,27-16-8-3-9-17-27)28-18-10-13-24(21-28)29-20-19-25(22-30-29)23-11-4-1-5-12-23;1-21(2)18-22-16-17-27(28-20-22)23-10-9-15-26(19-23)30(29,24-11-5-3-6-12-24)25-13-7-4-8-14-25;1-21(2)18-22-16-17-28-27(19-22)23-10-9-15-26(20-23)30(29,24-11-5-3-6-12-24)25-13-7-4-8-14-25;3*1-2-6-10(7-3-1)11-8-4-5-9-12-11;;;/h1-12,14-22H;2*3-9,11-17,19-21H,18H2,1-2H3;3*1-6,8-9H;;;/q6*-1;;;. The van der Waals surface area contributed by atoms with Gasteiger partial charge >= 0.3 is 0 Å². The maximum atomic E-state index is 14.6. The van der Waals surface area contributed by atoms with Gasteiger partial charge in [-0.3, -0.25) is 0 Å². The van der Waals surface area contributed by atoms with Crippen LogP contribution >= 0.6 is 21.4 Å². The van der Waals surface area contributed by atoms with Gasteiger partial charge in [-0.1, -0.05) is 328 Å². The molecule has 3 radical (unpaired) electrons. The van der Waals surface area contributed by atoms with Crippen LogP contribution in [0.2, 0.25) is 0 Å². The Hall–Kier alpha value is -12.6. The molecular formula is C116H95Ir3N6O3P3-6. The van der Waals surface area contributed by atoms with Crippen LogP contribution in [-0.4, -0.2) is 29.9 Å². The molecule has 0 unspecified atom stereocenters. The molecule has 15 heteroatoms. The Morgan fingerprint density at radius 3 is 0.786 bits per heavy atom. The first-order chi connectivity index (χ1) is 62.8. The van der Waals surface area contributed by atoms with E-state index in [1.807, 2.05) is 413 Å². The minimum atomic E-state index is -3.03. The summed E-state index contributed by atoms with van der Waals surface area (Å²) in [5, 5.41) is 7.31. The number of nitrogens with zero attached hydrogens (tertiary/aromatic N) is 6. The van der Waals surface area contributed by atoms with Crippen LogP contribution < -0.4 is 47.7 Å². The number of aromatic nitrogens is 6. The molecule has 0 fully saturated rings. The maximum Gasteiger partial charge on any atom is 0.153 e. The van der Waals surface area contributed by atoms with Crippen LogP contribution in [0.25, 0.3) is 78.7 Å². The summed E-state index contributed by atoms with van der Waals surface area (Å²) in [7, 11) is -9.03. The third kappa shape index (κ3) is 26.8. The fourth-order valence-electron chi connectivity index (χ4n) is 14.5. The summed E-state index contributed by atoms with van der Waals surface area (Å²) >= 11 is 0. The second-order valence-electron chi connectivity index (χ2n) is 30.8. The molecule has 131 heavy (non-hydrogen) atoms. The van der Waals surface area contributed by atoms with Crippen molar-refractivity contribution in [2.24, 2.45) is 11.8 Å². The van der Waals surface area contributed by atoms with Gasteiger partial charge in [0.2, 0.25) is 0 Å². The Kier molecular flexibility index (Phi) is 38.2. The van der Waals surface area contributed by atoms with E-state index >= 15 is 0 Å². The Balaban J connectivity index is 0.000000158. The fraction of sp³-hybridized carbons (Fsp3) is 0.0690. The minimum absolute atomic E-state index is 0. The van der Waals surface area contributed by atoms with Crippen molar-refractivity contribution >= 4 is 69.2 Å². The Morgan fingerprint density at radius 1 is 0.214 bits per heavy atom. The molecule has 0 bridgehead atoms. The van der Waals surface area contributed by atoms with Gasteiger partial charge in [-0.25, -0.2) is 0 Å². The molecule has 19 rings (SSSR count). The summed E-state index contributed by atoms with van der Waals surface area (Å²) < 4.78 is 43.7.